The molecular formula is C19H24N4O3. The van der Waals surface area contributed by atoms with Crippen molar-refractivity contribution >= 4 is 11.8 Å². The molecule has 0 aliphatic heterocycles. The van der Waals surface area contributed by atoms with Crippen LogP contribution < -0.4 is 5.43 Å². The van der Waals surface area contributed by atoms with Crippen LogP contribution in [0.3, 0.4) is 0 Å². The summed E-state index contributed by atoms with van der Waals surface area (Å²) in [6.07, 6.45) is 0. The summed E-state index contributed by atoms with van der Waals surface area (Å²) in [6.45, 7) is 6.55. The highest BCUT2D eigenvalue weighted by Crippen LogP contribution is 2.08. The van der Waals surface area contributed by atoms with Gasteiger partial charge in [0.25, 0.3) is 5.91 Å². The van der Waals surface area contributed by atoms with Crippen molar-refractivity contribution in [2.75, 3.05) is 26.7 Å². The summed E-state index contributed by atoms with van der Waals surface area (Å²) in [6, 6.07) is 10.6. The van der Waals surface area contributed by atoms with Gasteiger partial charge in [-0.2, -0.15) is 5.10 Å². The monoisotopic (exact) mass is 356 g/mol. The SMILES string of the molecule is CCN(CC)C(=O)CN(C)C(=O)c1nn(-c2ccccc2)c(C)cc1=O. The molecule has 0 N–H and O–H groups in total. The number of likely N-dealkylation sites (N-methyl/N-ethyl adjacent to an activating group) is 2. The predicted molar refractivity (Wildman–Crippen MR) is 99.5 cm³/mol. The number of aryl methyl sites for hydroxylation is 1. The fraction of sp³-hybridized carbons (Fsp3) is 0.368. The first-order valence-corrected chi connectivity index (χ1v) is 8.58. The van der Waals surface area contributed by atoms with Gasteiger partial charge in [0.05, 0.1) is 12.2 Å². The molecule has 1 aromatic carbocycles. The van der Waals surface area contributed by atoms with Crippen LogP contribution >= 0.6 is 0 Å². The van der Waals surface area contributed by atoms with E-state index < -0.39 is 11.3 Å². The molecule has 0 saturated carbocycles. The van der Waals surface area contributed by atoms with Crippen molar-refractivity contribution in [3.63, 3.8) is 0 Å². The Hall–Kier alpha value is -2.96. The Labute approximate surface area is 152 Å². The van der Waals surface area contributed by atoms with Crippen molar-refractivity contribution in [1.29, 1.82) is 0 Å². The number of para-hydroxylation sites is 1. The Balaban J connectivity index is 2.31. The van der Waals surface area contributed by atoms with E-state index in [-0.39, 0.29) is 18.1 Å². The predicted octanol–water partition coefficient (Wildman–Crippen LogP) is 1.48. The Morgan fingerprint density at radius 1 is 1.12 bits per heavy atom. The molecule has 0 atom stereocenters. The van der Waals surface area contributed by atoms with Crippen molar-refractivity contribution in [3.05, 3.63) is 58.0 Å². The van der Waals surface area contributed by atoms with E-state index in [0.29, 0.717) is 18.8 Å². The molecule has 0 spiro atoms. The van der Waals surface area contributed by atoms with Crippen LogP contribution in [0.4, 0.5) is 0 Å². The fourth-order valence-electron chi connectivity index (χ4n) is 2.66. The van der Waals surface area contributed by atoms with Crippen LogP contribution in [0, 0.1) is 6.92 Å². The van der Waals surface area contributed by atoms with Crippen molar-refractivity contribution in [3.8, 4) is 5.69 Å². The van der Waals surface area contributed by atoms with Crippen LogP contribution in [0.15, 0.2) is 41.2 Å². The standard InChI is InChI=1S/C19H24N4O3/c1-5-22(6-2)17(25)13-21(4)19(26)18-16(24)12-14(3)23(20-18)15-10-8-7-9-11-15/h7-12H,5-6,13H2,1-4H3. The van der Waals surface area contributed by atoms with E-state index in [1.807, 2.05) is 44.2 Å². The van der Waals surface area contributed by atoms with Gasteiger partial charge in [-0.25, -0.2) is 4.68 Å². The third-order valence-corrected chi connectivity index (χ3v) is 4.15. The van der Waals surface area contributed by atoms with Gasteiger partial charge in [0.2, 0.25) is 11.3 Å². The number of benzene rings is 1. The third kappa shape index (κ3) is 4.17. The van der Waals surface area contributed by atoms with Crippen LogP contribution in [0.5, 0.6) is 0 Å². The maximum atomic E-state index is 12.7. The van der Waals surface area contributed by atoms with Crippen molar-refractivity contribution in [2.45, 2.75) is 20.8 Å². The summed E-state index contributed by atoms with van der Waals surface area (Å²) in [4.78, 5) is 40.0. The molecule has 2 rings (SSSR count). The van der Waals surface area contributed by atoms with Crippen LogP contribution in [-0.2, 0) is 4.79 Å². The zero-order chi connectivity index (χ0) is 19.3. The fourth-order valence-corrected chi connectivity index (χ4v) is 2.66. The Bertz CT molecular complexity index is 842. The van der Waals surface area contributed by atoms with Gasteiger partial charge < -0.3 is 9.80 Å². The molecule has 2 amide bonds. The minimum Gasteiger partial charge on any atom is -0.342 e. The highest BCUT2D eigenvalue weighted by Gasteiger charge is 2.22. The number of amides is 2. The second-order valence-corrected chi connectivity index (χ2v) is 5.97. The van der Waals surface area contributed by atoms with Crippen LogP contribution in [-0.4, -0.2) is 58.1 Å². The van der Waals surface area contributed by atoms with Gasteiger partial charge in [0.15, 0.2) is 5.69 Å². The lowest BCUT2D eigenvalue weighted by atomic mass is 10.2. The Morgan fingerprint density at radius 2 is 1.73 bits per heavy atom. The van der Waals surface area contributed by atoms with E-state index in [0.717, 1.165) is 5.69 Å². The molecule has 26 heavy (non-hydrogen) atoms. The van der Waals surface area contributed by atoms with E-state index in [1.165, 1.54) is 18.0 Å². The lowest BCUT2D eigenvalue weighted by Crippen LogP contribution is -2.42. The number of nitrogens with zero attached hydrogens (tertiary/aromatic N) is 4. The van der Waals surface area contributed by atoms with Gasteiger partial charge >= 0.3 is 0 Å². The topological polar surface area (TPSA) is 75.5 Å². The van der Waals surface area contributed by atoms with E-state index in [1.54, 1.807) is 16.5 Å². The van der Waals surface area contributed by atoms with E-state index in [9.17, 15) is 14.4 Å². The molecule has 0 unspecified atom stereocenters. The molecule has 0 aliphatic rings. The third-order valence-electron chi connectivity index (χ3n) is 4.15. The average molecular weight is 356 g/mol. The molecule has 0 radical (unpaired) electrons. The summed E-state index contributed by atoms with van der Waals surface area (Å²) >= 11 is 0. The summed E-state index contributed by atoms with van der Waals surface area (Å²) in [5.74, 6) is -0.735. The van der Waals surface area contributed by atoms with Crippen LogP contribution in [0.25, 0.3) is 5.69 Å². The number of carbonyl (C=O) groups excluding carboxylic acids is 2. The minimum atomic E-state index is -0.569. The zero-order valence-electron chi connectivity index (χ0n) is 15.6. The number of rotatable bonds is 6. The summed E-state index contributed by atoms with van der Waals surface area (Å²) in [5, 5.41) is 4.24. The quantitative estimate of drug-likeness (QED) is 0.786. The first-order valence-electron chi connectivity index (χ1n) is 8.58. The van der Waals surface area contributed by atoms with Crippen molar-refractivity contribution in [1.82, 2.24) is 19.6 Å². The maximum absolute atomic E-state index is 12.7. The first-order chi connectivity index (χ1) is 12.4. The van der Waals surface area contributed by atoms with Crippen LogP contribution in [0.1, 0.15) is 30.0 Å². The zero-order valence-corrected chi connectivity index (χ0v) is 15.6. The van der Waals surface area contributed by atoms with Gasteiger partial charge in [-0.3, -0.25) is 14.4 Å². The highest BCUT2D eigenvalue weighted by atomic mass is 16.2. The lowest BCUT2D eigenvalue weighted by molar-refractivity contribution is -0.131. The van der Waals surface area contributed by atoms with Gasteiger partial charge in [-0.15, -0.1) is 0 Å². The van der Waals surface area contributed by atoms with Crippen molar-refractivity contribution < 1.29 is 9.59 Å². The molecule has 0 bridgehead atoms. The maximum Gasteiger partial charge on any atom is 0.278 e. The average Bonchev–Trinajstić information content (AvgIpc) is 2.63. The summed E-state index contributed by atoms with van der Waals surface area (Å²) < 4.78 is 1.55. The normalized spacial score (nSPS) is 10.5. The number of aromatic nitrogens is 2. The molecule has 7 heteroatoms. The molecule has 2 aromatic rings. The highest BCUT2D eigenvalue weighted by molar-refractivity contribution is 5.94. The minimum absolute atomic E-state index is 0.0964. The second kappa shape index (κ2) is 8.42. The van der Waals surface area contributed by atoms with E-state index in [4.69, 9.17) is 0 Å². The van der Waals surface area contributed by atoms with E-state index in [2.05, 4.69) is 5.10 Å². The van der Waals surface area contributed by atoms with Gasteiger partial charge in [-0.1, -0.05) is 18.2 Å². The summed E-state index contributed by atoms with van der Waals surface area (Å²) in [5.41, 5.74) is 0.719. The van der Waals surface area contributed by atoms with Crippen molar-refractivity contribution in [2.24, 2.45) is 0 Å². The van der Waals surface area contributed by atoms with E-state index >= 15 is 0 Å². The van der Waals surface area contributed by atoms with Crippen LogP contribution in [0.2, 0.25) is 0 Å². The number of hydrogen-bond donors (Lipinski definition) is 0. The second-order valence-electron chi connectivity index (χ2n) is 5.97. The Kier molecular flexibility index (Phi) is 6.27. The van der Waals surface area contributed by atoms with Gasteiger partial charge in [0, 0.05) is 31.9 Å². The molecular weight excluding hydrogens is 332 g/mol. The molecule has 138 valence electrons. The largest absolute Gasteiger partial charge is 0.342 e. The number of hydrogen-bond acceptors (Lipinski definition) is 4. The Morgan fingerprint density at radius 3 is 2.31 bits per heavy atom. The first kappa shape index (κ1) is 19.4. The molecule has 0 fully saturated rings. The molecule has 7 nitrogen and oxygen atoms in total. The molecule has 0 aliphatic carbocycles. The number of carbonyl (C=O) groups is 2. The lowest BCUT2D eigenvalue weighted by Gasteiger charge is -2.23. The molecule has 0 saturated heterocycles. The molecule has 1 heterocycles. The van der Waals surface area contributed by atoms with Gasteiger partial charge in [-0.05, 0) is 32.9 Å². The van der Waals surface area contributed by atoms with Gasteiger partial charge in [0.1, 0.15) is 0 Å². The smallest absolute Gasteiger partial charge is 0.278 e. The summed E-state index contributed by atoms with van der Waals surface area (Å²) in [7, 11) is 1.50. The molecule has 1 aromatic heterocycles.